The van der Waals surface area contributed by atoms with Crippen LogP contribution in [0.5, 0.6) is 0 Å². The lowest BCUT2D eigenvalue weighted by Crippen LogP contribution is -2.48. The van der Waals surface area contributed by atoms with Crippen molar-refractivity contribution in [3.63, 3.8) is 0 Å². The Bertz CT molecular complexity index is 632. The lowest BCUT2D eigenvalue weighted by Gasteiger charge is -2.32. The topological polar surface area (TPSA) is 78.7 Å². The highest BCUT2D eigenvalue weighted by Gasteiger charge is 2.36. The van der Waals surface area contributed by atoms with Crippen LogP contribution in [-0.4, -0.2) is 60.4 Å². The number of benzene rings is 1. The number of carbonyl (C=O) groups is 2. The average molecular weight is 344 g/mol. The van der Waals surface area contributed by atoms with Gasteiger partial charge < -0.3 is 20.9 Å². The van der Waals surface area contributed by atoms with Crippen molar-refractivity contribution in [2.24, 2.45) is 5.73 Å². The molecule has 6 heteroatoms. The predicted molar refractivity (Wildman–Crippen MR) is 98.2 cm³/mol. The van der Waals surface area contributed by atoms with Crippen molar-refractivity contribution in [1.29, 1.82) is 0 Å². The zero-order valence-corrected chi connectivity index (χ0v) is 15.0. The molecule has 1 aliphatic heterocycles. The van der Waals surface area contributed by atoms with Crippen LogP contribution in [0.2, 0.25) is 0 Å². The minimum atomic E-state index is -0.744. The van der Waals surface area contributed by atoms with E-state index in [2.05, 4.69) is 17.3 Å². The highest BCUT2D eigenvalue weighted by Crippen LogP contribution is 2.28. The second-order valence-corrected chi connectivity index (χ2v) is 7.38. The van der Waals surface area contributed by atoms with Gasteiger partial charge in [-0.2, -0.15) is 0 Å². The summed E-state index contributed by atoms with van der Waals surface area (Å²) in [6, 6.07) is 7.53. The van der Waals surface area contributed by atoms with Gasteiger partial charge in [0.15, 0.2) is 0 Å². The van der Waals surface area contributed by atoms with Crippen molar-refractivity contribution in [3.05, 3.63) is 29.8 Å². The van der Waals surface area contributed by atoms with Crippen molar-refractivity contribution < 1.29 is 9.59 Å². The van der Waals surface area contributed by atoms with Gasteiger partial charge in [0.2, 0.25) is 11.8 Å². The number of nitrogens with one attached hydrogen (secondary N) is 1. The van der Waals surface area contributed by atoms with Crippen molar-refractivity contribution in [1.82, 2.24) is 9.80 Å². The standard InChI is InChI=1S/C19H28N4O2/c1-22-9-11-23(12-10-22)17(24)14-15-5-4-6-16(13-15)21-18(25)19(20)7-2-3-8-19/h4-6,13H,2-3,7-12,14,20H2,1H3,(H,21,25). The van der Waals surface area contributed by atoms with E-state index in [1.54, 1.807) is 0 Å². The third kappa shape index (κ3) is 4.38. The lowest BCUT2D eigenvalue weighted by atomic mass is 9.98. The van der Waals surface area contributed by atoms with Gasteiger partial charge in [-0.1, -0.05) is 25.0 Å². The molecule has 0 atom stereocenters. The number of hydrogen-bond donors (Lipinski definition) is 2. The minimum Gasteiger partial charge on any atom is -0.340 e. The summed E-state index contributed by atoms with van der Waals surface area (Å²) >= 11 is 0. The molecule has 0 radical (unpaired) electrons. The number of likely N-dealkylation sites (N-methyl/N-ethyl adjacent to an activating group) is 1. The molecule has 3 rings (SSSR count). The fourth-order valence-electron chi connectivity index (χ4n) is 3.59. The van der Waals surface area contributed by atoms with E-state index in [9.17, 15) is 9.59 Å². The molecule has 2 aliphatic rings. The smallest absolute Gasteiger partial charge is 0.244 e. The summed E-state index contributed by atoms with van der Waals surface area (Å²) in [5.74, 6) is 0.0233. The van der Waals surface area contributed by atoms with Crippen molar-refractivity contribution in [3.8, 4) is 0 Å². The zero-order valence-electron chi connectivity index (χ0n) is 15.0. The minimum absolute atomic E-state index is 0.118. The molecule has 6 nitrogen and oxygen atoms in total. The lowest BCUT2D eigenvalue weighted by molar-refractivity contribution is -0.132. The van der Waals surface area contributed by atoms with E-state index in [4.69, 9.17) is 5.73 Å². The number of nitrogens with zero attached hydrogens (tertiary/aromatic N) is 2. The molecular formula is C19H28N4O2. The first-order valence-corrected chi connectivity index (χ1v) is 9.12. The van der Waals surface area contributed by atoms with Crippen molar-refractivity contribution >= 4 is 17.5 Å². The van der Waals surface area contributed by atoms with E-state index in [1.807, 2.05) is 29.2 Å². The van der Waals surface area contributed by atoms with Gasteiger partial charge in [0.25, 0.3) is 0 Å². The molecule has 0 bridgehead atoms. The Labute approximate surface area is 149 Å². The van der Waals surface area contributed by atoms with Gasteiger partial charge in [-0.3, -0.25) is 9.59 Å². The fraction of sp³-hybridized carbons (Fsp3) is 0.579. The van der Waals surface area contributed by atoms with E-state index >= 15 is 0 Å². The van der Waals surface area contributed by atoms with E-state index in [0.717, 1.165) is 57.4 Å². The summed E-state index contributed by atoms with van der Waals surface area (Å²) in [4.78, 5) is 29.0. The van der Waals surface area contributed by atoms with Gasteiger partial charge in [-0.15, -0.1) is 0 Å². The second kappa shape index (κ2) is 7.54. The number of piperazine rings is 1. The van der Waals surface area contributed by atoms with Crippen molar-refractivity contribution in [2.75, 3.05) is 38.5 Å². The third-order valence-electron chi connectivity index (χ3n) is 5.34. The summed E-state index contributed by atoms with van der Waals surface area (Å²) in [5.41, 5.74) is 7.09. The number of rotatable bonds is 4. The first-order chi connectivity index (χ1) is 12.0. The Balaban J connectivity index is 1.59. The van der Waals surface area contributed by atoms with E-state index in [1.165, 1.54) is 0 Å². The first kappa shape index (κ1) is 17.9. The maximum absolute atomic E-state index is 12.5. The normalized spacial score (nSPS) is 20.5. The van der Waals surface area contributed by atoms with Crippen LogP contribution in [0.25, 0.3) is 0 Å². The Hall–Kier alpha value is -1.92. The Morgan fingerprint density at radius 3 is 2.52 bits per heavy atom. The molecule has 0 unspecified atom stereocenters. The molecule has 0 spiro atoms. The molecule has 25 heavy (non-hydrogen) atoms. The molecule has 0 aromatic heterocycles. The molecule has 2 amide bonds. The van der Waals surface area contributed by atoms with Crippen LogP contribution in [0.3, 0.4) is 0 Å². The fourth-order valence-corrected chi connectivity index (χ4v) is 3.59. The van der Waals surface area contributed by atoms with Gasteiger partial charge in [-0.25, -0.2) is 0 Å². The van der Waals surface area contributed by atoms with Crippen LogP contribution in [-0.2, 0) is 16.0 Å². The van der Waals surface area contributed by atoms with Crippen molar-refractivity contribution in [2.45, 2.75) is 37.6 Å². The SMILES string of the molecule is CN1CCN(C(=O)Cc2cccc(NC(=O)C3(N)CCCC3)c2)CC1. The van der Waals surface area contributed by atoms with Crippen LogP contribution in [0.1, 0.15) is 31.2 Å². The quantitative estimate of drug-likeness (QED) is 0.861. The highest BCUT2D eigenvalue weighted by atomic mass is 16.2. The van der Waals surface area contributed by atoms with Gasteiger partial charge in [-0.05, 0) is 37.6 Å². The predicted octanol–water partition coefficient (Wildman–Crippen LogP) is 1.21. The van der Waals surface area contributed by atoms with Crippen LogP contribution in [0.4, 0.5) is 5.69 Å². The summed E-state index contributed by atoms with van der Waals surface area (Å²) in [6.07, 6.45) is 3.84. The molecule has 1 saturated carbocycles. The Morgan fingerprint density at radius 1 is 1.16 bits per heavy atom. The summed E-state index contributed by atoms with van der Waals surface area (Å²) in [5, 5.41) is 2.93. The second-order valence-electron chi connectivity index (χ2n) is 7.38. The number of carbonyl (C=O) groups excluding carboxylic acids is 2. The van der Waals surface area contributed by atoms with Gasteiger partial charge in [0.05, 0.1) is 12.0 Å². The van der Waals surface area contributed by atoms with Gasteiger partial charge >= 0.3 is 0 Å². The third-order valence-corrected chi connectivity index (χ3v) is 5.34. The number of anilines is 1. The number of hydrogen-bond acceptors (Lipinski definition) is 4. The molecule has 1 aromatic carbocycles. The largest absolute Gasteiger partial charge is 0.340 e. The van der Waals surface area contributed by atoms with Crippen LogP contribution in [0.15, 0.2) is 24.3 Å². The Morgan fingerprint density at radius 2 is 1.84 bits per heavy atom. The monoisotopic (exact) mass is 344 g/mol. The van der Waals surface area contributed by atoms with E-state index < -0.39 is 5.54 Å². The molecule has 1 saturated heterocycles. The Kier molecular flexibility index (Phi) is 5.39. The molecule has 1 aliphatic carbocycles. The molecule has 136 valence electrons. The van der Waals surface area contributed by atoms with Crippen LogP contribution in [0, 0.1) is 0 Å². The van der Waals surface area contributed by atoms with Gasteiger partial charge in [0.1, 0.15) is 0 Å². The van der Waals surface area contributed by atoms with Gasteiger partial charge in [0, 0.05) is 31.9 Å². The molecule has 1 heterocycles. The van der Waals surface area contributed by atoms with Crippen LogP contribution >= 0.6 is 0 Å². The molecule has 2 fully saturated rings. The zero-order chi connectivity index (χ0) is 17.9. The van der Waals surface area contributed by atoms with Crippen LogP contribution < -0.4 is 11.1 Å². The maximum atomic E-state index is 12.5. The number of amides is 2. The average Bonchev–Trinajstić information content (AvgIpc) is 3.04. The molecular weight excluding hydrogens is 316 g/mol. The maximum Gasteiger partial charge on any atom is 0.244 e. The molecule has 1 aromatic rings. The van der Waals surface area contributed by atoms with E-state index in [0.29, 0.717) is 12.1 Å². The van der Waals surface area contributed by atoms with E-state index in [-0.39, 0.29) is 11.8 Å². The summed E-state index contributed by atoms with van der Waals surface area (Å²) in [6.45, 7) is 3.39. The first-order valence-electron chi connectivity index (χ1n) is 9.12. The summed E-state index contributed by atoms with van der Waals surface area (Å²) in [7, 11) is 2.07. The highest BCUT2D eigenvalue weighted by molar-refractivity contribution is 5.98. The molecule has 3 N–H and O–H groups in total. The summed E-state index contributed by atoms with van der Waals surface area (Å²) < 4.78 is 0. The number of nitrogens with two attached hydrogens (primary N) is 1.